The van der Waals surface area contributed by atoms with Crippen molar-refractivity contribution in [3.05, 3.63) is 0 Å². The Kier molecular flexibility index (Phi) is 2.04. The molecule has 50 valence electrons. The van der Waals surface area contributed by atoms with E-state index in [1.165, 1.54) is 0 Å². The van der Waals surface area contributed by atoms with Gasteiger partial charge in [-0.3, -0.25) is 0 Å². The normalized spacial score (nSPS) is 34.2. The zero-order valence-electron chi connectivity index (χ0n) is 5.21. The van der Waals surface area contributed by atoms with Crippen LogP contribution in [0.5, 0.6) is 0 Å². The molecule has 1 heterocycles. The maximum absolute atomic E-state index is 8.28. The van der Waals surface area contributed by atoms with Crippen molar-refractivity contribution in [2.75, 3.05) is 13.2 Å². The van der Waals surface area contributed by atoms with Crippen LogP contribution >= 0.6 is 0 Å². The lowest BCUT2D eigenvalue weighted by Gasteiger charge is -2.06. The molecule has 0 amide bonds. The molecule has 1 aliphatic heterocycles. The highest BCUT2D eigenvalue weighted by Gasteiger charge is 2.23. The Labute approximate surface area is 54.4 Å². The van der Waals surface area contributed by atoms with Crippen molar-refractivity contribution in [2.45, 2.75) is 12.5 Å². The lowest BCUT2D eigenvalue weighted by Crippen LogP contribution is -2.27. The first-order chi connectivity index (χ1) is 4.34. The van der Waals surface area contributed by atoms with E-state index in [-0.39, 0.29) is 12.0 Å². The summed E-state index contributed by atoms with van der Waals surface area (Å²) >= 11 is 0. The van der Waals surface area contributed by atoms with Gasteiger partial charge in [-0.1, -0.05) is 0 Å². The van der Waals surface area contributed by atoms with Gasteiger partial charge in [0, 0.05) is 18.4 Å². The Hall–Kier alpha value is -0.590. The summed E-state index contributed by atoms with van der Waals surface area (Å²) < 4.78 is 5.05. The molecule has 9 heavy (non-hydrogen) atoms. The van der Waals surface area contributed by atoms with Crippen LogP contribution in [0, 0.1) is 17.2 Å². The molecule has 1 fully saturated rings. The molecule has 3 nitrogen and oxygen atoms in total. The van der Waals surface area contributed by atoms with Gasteiger partial charge in [0.25, 0.3) is 0 Å². The average molecular weight is 126 g/mol. The smallest absolute Gasteiger partial charge is 0.0626 e. The van der Waals surface area contributed by atoms with Gasteiger partial charge in [0.15, 0.2) is 0 Å². The summed E-state index contributed by atoms with van der Waals surface area (Å²) in [4.78, 5) is 0. The molecule has 0 unspecified atom stereocenters. The lowest BCUT2D eigenvalue weighted by molar-refractivity contribution is 0.185. The van der Waals surface area contributed by atoms with E-state index in [9.17, 15) is 0 Å². The molecule has 0 aromatic heterocycles. The molecule has 0 spiro atoms. The standard InChI is InChI=1S/C6H10N2O/c7-2-1-5-3-9-4-6(5)8/h5-6H,1,3-4,8H2/t5-,6+/m0/s1. The molecule has 1 rings (SSSR count). The van der Waals surface area contributed by atoms with E-state index in [1.807, 2.05) is 0 Å². The fourth-order valence-electron chi connectivity index (χ4n) is 0.943. The van der Waals surface area contributed by atoms with Crippen molar-refractivity contribution in [3.63, 3.8) is 0 Å². The quantitative estimate of drug-likeness (QED) is 0.532. The molecule has 0 aromatic carbocycles. The van der Waals surface area contributed by atoms with Crippen molar-refractivity contribution < 1.29 is 4.74 Å². The zero-order valence-corrected chi connectivity index (χ0v) is 5.21. The van der Waals surface area contributed by atoms with E-state index in [0.717, 1.165) is 0 Å². The minimum absolute atomic E-state index is 0.0876. The number of hydrogen-bond acceptors (Lipinski definition) is 3. The number of nitrogens with zero attached hydrogens (tertiary/aromatic N) is 1. The third-order valence-electron chi connectivity index (χ3n) is 1.60. The van der Waals surface area contributed by atoms with E-state index in [1.54, 1.807) is 0 Å². The van der Waals surface area contributed by atoms with Gasteiger partial charge < -0.3 is 10.5 Å². The monoisotopic (exact) mass is 126 g/mol. The Balaban J connectivity index is 2.33. The summed E-state index contributed by atoms with van der Waals surface area (Å²) in [7, 11) is 0. The van der Waals surface area contributed by atoms with Crippen molar-refractivity contribution in [2.24, 2.45) is 11.7 Å². The van der Waals surface area contributed by atoms with Crippen LogP contribution in [0.1, 0.15) is 6.42 Å². The van der Waals surface area contributed by atoms with Crippen LogP contribution in [0.25, 0.3) is 0 Å². The SMILES string of the molecule is N#CC[C@H]1COC[C@H]1N. The fraction of sp³-hybridized carbons (Fsp3) is 0.833. The Morgan fingerprint density at radius 3 is 2.89 bits per heavy atom. The molecular weight excluding hydrogens is 116 g/mol. The van der Waals surface area contributed by atoms with Gasteiger partial charge >= 0.3 is 0 Å². The van der Waals surface area contributed by atoms with Crippen LogP contribution in [-0.4, -0.2) is 19.3 Å². The fourth-order valence-corrected chi connectivity index (χ4v) is 0.943. The minimum Gasteiger partial charge on any atom is -0.379 e. The first-order valence-electron chi connectivity index (χ1n) is 3.05. The number of nitrogens with two attached hydrogens (primary N) is 1. The van der Waals surface area contributed by atoms with Gasteiger partial charge in [-0.15, -0.1) is 0 Å². The van der Waals surface area contributed by atoms with Gasteiger partial charge in [-0.2, -0.15) is 5.26 Å². The molecule has 0 bridgehead atoms. The highest BCUT2D eigenvalue weighted by molar-refractivity contribution is 4.85. The second kappa shape index (κ2) is 2.81. The summed E-state index contributed by atoms with van der Waals surface area (Å²) in [6.45, 7) is 1.28. The Morgan fingerprint density at radius 1 is 1.67 bits per heavy atom. The Morgan fingerprint density at radius 2 is 2.44 bits per heavy atom. The third kappa shape index (κ3) is 1.41. The summed E-state index contributed by atoms with van der Waals surface area (Å²) in [6, 6.07) is 2.17. The molecule has 3 heteroatoms. The van der Waals surface area contributed by atoms with Crippen molar-refractivity contribution in [1.82, 2.24) is 0 Å². The molecule has 1 aliphatic rings. The van der Waals surface area contributed by atoms with E-state index in [4.69, 9.17) is 15.7 Å². The topological polar surface area (TPSA) is 59.0 Å². The van der Waals surface area contributed by atoms with Gasteiger partial charge in [-0.05, 0) is 0 Å². The first kappa shape index (κ1) is 6.53. The molecular formula is C6H10N2O. The van der Waals surface area contributed by atoms with Crippen molar-refractivity contribution in [1.29, 1.82) is 5.26 Å². The van der Waals surface area contributed by atoms with E-state index >= 15 is 0 Å². The largest absolute Gasteiger partial charge is 0.379 e. The van der Waals surface area contributed by atoms with Crippen molar-refractivity contribution >= 4 is 0 Å². The molecule has 2 N–H and O–H groups in total. The van der Waals surface area contributed by atoms with Crippen LogP contribution in [0.4, 0.5) is 0 Å². The predicted molar refractivity (Wildman–Crippen MR) is 32.5 cm³/mol. The third-order valence-corrected chi connectivity index (χ3v) is 1.60. The van der Waals surface area contributed by atoms with Crippen LogP contribution in [-0.2, 0) is 4.74 Å². The molecule has 2 atom stereocenters. The zero-order chi connectivity index (χ0) is 6.69. The molecule has 1 saturated heterocycles. The number of rotatable bonds is 1. The molecule has 0 radical (unpaired) electrons. The van der Waals surface area contributed by atoms with Crippen LogP contribution in [0.15, 0.2) is 0 Å². The minimum atomic E-state index is 0.0876. The maximum Gasteiger partial charge on any atom is 0.0626 e. The van der Waals surface area contributed by atoms with Crippen LogP contribution in [0.3, 0.4) is 0 Å². The molecule has 0 aliphatic carbocycles. The second-order valence-corrected chi connectivity index (χ2v) is 2.32. The second-order valence-electron chi connectivity index (χ2n) is 2.32. The van der Waals surface area contributed by atoms with Gasteiger partial charge in [-0.25, -0.2) is 0 Å². The van der Waals surface area contributed by atoms with E-state index < -0.39 is 0 Å². The number of nitriles is 1. The maximum atomic E-state index is 8.28. The van der Waals surface area contributed by atoms with Gasteiger partial charge in [0.05, 0.1) is 19.3 Å². The van der Waals surface area contributed by atoms with Crippen LogP contribution < -0.4 is 5.73 Å². The van der Waals surface area contributed by atoms with Gasteiger partial charge in [0.2, 0.25) is 0 Å². The van der Waals surface area contributed by atoms with Crippen molar-refractivity contribution in [3.8, 4) is 6.07 Å². The summed E-state index contributed by atoms with van der Waals surface area (Å²) in [5.41, 5.74) is 5.59. The highest BCUT2D eigenvalue weighted by atomic mass is 16.5. The van der Waals surface area contributed by atoms with E-state index in [2.05, 4.69) is 6.07 Å². The first-order valence-corrected chi connectivity index (χ1v) is 3.05. The number of ether oxygens (including phenoxy) is 1. The highest BCUT2D eigenvalue weighted by Crippen LogP contribution is 2.13. The number of hydrogen-bond donors (Lipinski definition) is 1. The molecule has 0 saturated carbocycles. The lowest BCUT2D eigenvalue weighted by atomic mass is 10.0. The average Bonchev–Trinajstić information content (AvgIpc) is 2.18. The molecule has 0 aromatic rings. The summed E-state index contributed by atoms with van der Waals surface area (Å²) in [5, 5.41) is 8.28. The van der Waals surface area contributed by atoms with Crippen LogP contribution in [0.2, 0.25) is 0 Å². The summed E-state index contributed by atoms with van der Waals surface area (Å²) in [6.07, 6.45) is 0.529. The van der Waals surface area contributed by atoms with Gasteiger partial charge in [0.1, 0.15) is 0 Å². The van der Waals surface area contributed by atoms with E-state index in [0.29, 0.717) is 19.6 Å². The summed E-state index contributed by atoms with van der Waals surface area (Å²) in [5.74, 6) is 0.273. The predicted octanol–water partition coefficient (Wildman–Crippen LogP) is -0.126. The Bertz CT molecular complexity index is 130.